The van der Waals surface area contributed by atoms with E-state index in [9.17, 15) is 13.2 Å². The molecule has 2 aromatic carbocycles. The van der Waals surface area contributed by atoms with E-state index >= 15 is 0 Å². The highest BCUT2D eigenvalue weighted by molar-refractivity contribution is 7.92. The van der Waals surface area contributed by atoms with Crippen LogP contribution >= 0.6 is 0 Å². The average Bonchev–Trinajstić information content (AvgIpc) is 2.53. The molecule has 0 atom stereocenters. The van der Waals surface area contributed by atoms with E-state index in [0.717, 1.165) is 33.7 Å². The first-order chi connectivity index (χ1) is 11.7. The topological polar surface area (TPSA) is 66.5 Å². The second-order valence-electron chi connectivity index (χ2n) is 6.12. The summed E-state index contributed by atoms with van der Waals surface area (Å²) in [5.74, 6) is -0.369. The molecule has 0 heterocycles. The Morgan fingerprint density at radius 1 is 1.12 bits per heavy atom. The van der Waals surface area contributed by atoms with E-state index in [0.29, 0.717) is 11.4 Å². The molecule has 2 rings (SSSR count). The highest BCUT2D eigenvalue weighted by atomic mass is 32.2. The van der Waals surface area contributed by atoms with E-state index in [1.165, 1.54) is 0 Å². The van der Waals surface area contributed by atoms with Crippen molar-refractivity contribution < 1.29 is 13.2 Å². The number of para-hydroxylation sites is 1. The molecule has 1 amide bonds. The van der Waals surface area contributed by atoms with Gasteiger partial charge < -0.3 is 5.32 Å². The van der Waals surface area contributed by atoms with Crippen LogP contribution < -0.4 is 9.62 Å². The average molecular weight is 360 g/mol. The number of benzene rings is 2. The molecule has 0 radical (unpaired) electrons. The Labute approximate surface area is 149 Å². The number of hydrogen-bond donors (Lipinski definition) is 1. The normalized spacial score (nSPS) is 11.2. The van der Waals surface area contributed by atoms with Gasteiger partial charge in [-0.2, -0.15) is 0 Å². The highest BCUT2D eigenvalue weighted by Crippen LogP contribution is 2.24. The Bertz CT molecular complexity index is 876. The van der Waals surface area contributed by atoms with Crippen molar-refractivity contribution in [3.63, 3.8) is 0 Å². The van der Waals surface area contributed by atoms with E-state index in [1.807, 2.05) is 57.2 Å². The van der Waals surface area contributed by atoms with E-state index in [1.54, 1.807) is 6.07 Å². The van der Waals surface area contributed by atoms with Gasteiger partial charge in [0.15, 0.2) is 0 Å². The van der Waals surface area contributed by atoms with Gasteiger partial charge in [-0.05, 0) is 43.5 Å². The molecule has 0 bridgehead atoms. The molecular formula is C19H24N2O3S. The summed E-state index contributed by atoms with van der Waals surface area (Å²) in [6.07, 6.45) is 1.89. The largest absolute Gasteiger partial charge is 0.324 e. The molecule has 0 fully saturated rings. The van der Waals surface area contributed by atoms with Crippen molar-refractivity contribution in [2.75, 3.05) is 22.4 Å². The van der Waals surface area contributed by atoms with Gasteiger partial charge in [0, 0.05) is 5.69 Å². The zero-order valence-corrected chi connectivity index (χ0v) is 15.9. The number of hydrogen-bond acceptors (Lipinski definition) is 3. The van der Waals surface area contributed by atoms with Gasteiger partial charge in [-0.25, -0.2) is 8.42 Å². The Balaban J connectivity index is 2.27. The summed E-state index contributed by atoms with van der Waals surface area (Å²) in [5, 5.41) is 2.82. The van der Waals surface area contributed by atoms with Crippen LogP contribution in [0.15, 0.2) is 42.5 Å². The molecule has 0 saturated carbocycles. The lowest BCUT2D eigenvalue weighted by Gasteiger charge is -2.24. The molecule has 0 aliphatic rings. The monoisotopic (exact) mass is 360 g/mol. The molecular weight excluding hydrogens is 336 g/mol. The first kappa shape index (κ1) is 19.0. The molecule has 0 aliphatic heterocycles. The summed E-state index contributed by atoms with van der Waals surface area (Å²) >= 11 is 0. The fourth-order valence-electron chi connectivity index (χ4n) is 2.74. The SMILES string of the molecule is CCc1ccccc1NC(=O)CN(c1ccc(C)cc1C)S(C)(=O)=O. The number of nitrogens with zero attached hydrogens (tertiary/aromatic N) is 1. The maximum absolute atomic E-state index is 12.5. The van der Waals surface area contributed by atoms with Crippen molar-refractivity contribution in [1.29, 1.82) is 0 Å². The molecule has 0 aliphatic carbocycles. The Kier molecular flexibility index (Phi) is 5.85. The van der Waals surface area contributed by atoms with Crippen LogP contribution in [0.3, 0.4) is 0 Å². The van der Waals surface area contributed by atoms with Gasteiger partial charge in [0.05, 0.1) is 11.9 Å². The zero-order chi connectivity index (χ0) is 18.6. The van der Waals surface area contributed by atoms with Gasteiger partial charge in [-0.15, -0.1) is 0 Å². The predicted molar refractivity (Wildman–Crippen MR) is 103 cm³/mol. The Morgan fingerprint density at radius 3 is 2.40 bits per heavy atom. The first-order valence-corrected chi connectivity index (χ1v) is 10.00. The highest BCUT2D eigenvalue weighted by Gasteiger charge is 2.22. The van der Waals surface area contributed by atoms with E-state index in [2.05, 4.69) is 5.32 Å². The standard InChI is InChI=1S/C19H24N2O3S/c1-5-16-8-6-7-9-17(16)20-19(22)13-21(25(4,23)24)18-11-10-14(2)12-15(18)3/h6-12H,5,13H2,1-4H3,(H,20,22). The number of anilines is 2. The van der Waals surface area contributed by atoms with Crippen LogP contribution in [-0.2, 0) is 21.2 Å². The minimum absolute atomic E-state index is 0.263. The lowest BCUT2D eigenvalue weighted by molar-refractivity contribution is -0.114. The Hall–Kier alpha value is -2.34. The first-order valence-electron chi connectivity index (χ1n) is 8.15. The van der Waals surface area contributed by atoms with Crippen molar-refractivity contribution in [3.05, 3.63) is 59.2 Å². The number of aryl methyl sites for hydroxylation is 3. The van der Waals surface area contributed by atoms with Crippen molar-refractivity contribution in [1.82, 2.24) is 0 Å². The van der Waals surface area contributed by atoms with Gasteiger partial charge in [0.1, 0.15) is 6.54 Å². The van der Waals surface area contributed by atoms with Crippen molar-refractivity contribution in [2.24, 2.45) is 0 Å². The minimum Gasteiger partial charge on any atom is -0.324 e. The summed E-state index contributed by atoms with van der Waals surface area (Å²) in [7, 11) is -3.58. The van der Waals surface area contributed by atoms with Gasteiger partial charge in [-0.1, -0.05) is 42.8 Å². The number of sulfonamides is 1. The summed E-state index contributed by atoms with van der Waals surface area (Å²) in [5.41, 5.74) is 4.09. The van der Waals surface area contributed by atoms with E-state index in [4.69, 9.17) is 0 Å². The van der Waals surface area contributed by atoms with Crippen LogP contribution in [0.2, 0.25) is 0 Å². The number of amides is 1. The fourth-order valence-corrected chi connectivity index (χ4v) is 3.65. The van der Waals surface area contributed by atoms with Crippen molar-refractivity contribution in [2.45, 2.75) is 27.2 Å². The van der Waals surface area contributed by atoms with Gasteiger partial charge in [0.25, 0.3) is 0 Å². The molecule has 1 N–H and O–H groups in total. The van der Waals surface area contributed by atoms with Crippen LogP contribution in [0.4, 0.5) is 11.4 Å². The van der Waals surface area contributed by atoms with Crippen LogP contribution in [0.25, 0.3) is 0 Å². The quantitative estimate of drug-likeness (QED) is 0.860. The fraction of sp³-hybridized carbons (Fsp3) is 0.316. The Morgan fingerprint density at radius 2 is 1.80 bits per heavy atom. The maximum Gasteiger partial charge on any atom is 0.245 e. The third-order valence-electron chi connectivity index (χ3n) is 3.98. The summed E-state index contributed by atoms with van der Waals surface area (Å²) < 4.78 is 25.6. The molecule has 134 valence electrons. The maximum atomic E-state index is 12.5. The molecule has 5 nitrogen and oxygen atoms in total. The summed E-state index contributed by atoms with van der Waals surface area (Å²) in [4.78, 5) is 12.5. The molecule has 0 spiro atoms. The third kappa shape index (κ3) is 4.82. The van der Waals surface area contributed by atoms with Crippen LogP contribution in [0.1, 0.15) is 23.6 Å². The smallest absolute Gasteiger partial charge is 0.245 e. The number of nitrogens with one attached hydrogen (secondary N) is 1. The zero-order valence-electron chi connectivity index (χ0n) is 15.0. The van der Waals surface area contributed by atoms with Crippen LogP contribution in [-0.4, -0.2) is 27.1 Å². The number of carbonyl (C=O) groups is 1. The van der Waals surface area contributed by atoms with Gasteiger partial charge in [0.2, 0.25) is 15.9 Å². The minimum atomic E-state index is -3.58. The number of rotatable bonds is 6. The lowest BCUT2D eigenvalue weighted by atomic mass is 10.1. The second kappa shape index (κ2) is 7.70. The molecule has 25 heavy (non-hydrogen) atoms. The number of carbonyl (C=O) groups excluding carboxylic acids is 1. The van der Waals surface area contributed by atoms with Crippen molar-refractivity contribution >= 4 is 27.3 Å². The molecule has 0 saturated heterocycles. The van der Waals surface area contributed by atoms with Gasteiger partial charge >= 0.3 is 0 Å². The van der Waals surface area contributed by atoms with Crippen molar-refractivity contribution in [3.8, 4) is 0 Å². The predicted octanol–water partition coefficient (Wildman–Crippen LogP) is 3.27. The lowest BCUT2D eigenvalue weighted by Crippen LogP contribution is -2.38. The summed E-state index contributed by atoms with van der Waals surface area (Å²) in [6, 6.07) is 13.0. The van der Waals surface area contributed by atoms with Gasteiger partial charge in [-0.3, -0.25) is 9.10 Å². The van der Waals surface area contributed by atoms with E-state index < -0.39 is 10.0 Å². The van der Waals surface area contributed by atoms with E-state index in [-0.39, 0.29) is 12.5 Å². The molecule has 6 heteroatoms. The molecule has 0 aromatic heterocycles. The molecule has 0 unspecified atom stereocenters. The second-order valence-corrected chi connectivity index (χ2v) is 8.03. The third-order valence-corrected chi connectivity index (χ3v) is 5.11. The van der Waals surface area contributed by atoms with Crippen LogP contribution in [0, 0.1) is 13.8 Å². The summed E-state index contributed by atoms with van der Waals surface area (Å²) in [6.45, 7) is 5.52. The molecule has 2 aromatic rings. The van der Waals surface area contributed by atoms with Crippen LogP contribution in [0.5, 0.6) is 0 Å².